The molecule has 7 heteroatoms. The Morgan fingerprint density at radius 3 is 2.55 bits per heavy atom. The first-order valence-electron chi connectivity index (χ1n) is 6.29. The number of carbonyl (C=O) groups is 1. The van der Waals surface area contributed by atoms with E-state index >= 15 is 0 Å². The van der Waals surface area contributed by atoms with Crippen LogP contribution in [0.3, 0.4) is 0 Å². The molecule has 0 fully saturated rings. The molecule has 1 unspecified atom stereocenters. The lowest BCUT2D eigenvalue weighted by molar-refractivity contribution is 0.162. The highest BCUT2D eigenvalue weighted by atomic mass is 32.2. The second kappa shape index (κ2) is 8.76. The minimum Gasteiger partial charge on any atom is -0.391 e. The van der Waals surface area contributed by atoms with Gasteiger partial charge in [-0.1, -0.05) is 25.1 Å². The van der Waals surface area contributed by atoms with Crippen LogP contribution >= 0.6 is 11.8 Å². The van der Waals surface area contributed by atoms with Crippen molar-refractivity contribution in [1.82, 2.24) is 5.32 Å². The SMILES string of the molecule is CCCC(O)CNC(=O)Nc1ccc(SC(F)F)cc1. The van der Waals surface area contributed by atoms with Crippen LogP contribution in [0.2, 0.25) is 0 Å². The van der Waals surface area contributed by atoms with Crippen molar-refractivity contribution in [3.8, 4) is 0 Å². The average Bonchev–Trinajstić information content (AvgIpc) is 2.38. The van der Waals surface area contributed by atoms with Gasteiger partial charge in [0.05, 0.1) is 6.10 Å². The van der Waals surface area contributed by atoms with Gasteiger partial charge in [-0.15, -0.1) is 0 Å². The number of carbonyl (C=O) groups excluding carboxylic acids is 1. The van der Waals surface area contributed by atoms with E-state index in [1.54, 1.807) is 12.1 Å². The van der Waals surface area contributed by atoms with Gasteiger partial charge in [-0.05, 0) is 30.7 Å². The third kappa shape index (κ3) is 6.72. The highest BCUT2D eigenvalue weighted by Crippen LogP contribution is 2.26. The van der Waals surface area contributed by atoms with Gasteiger partial charge < -0.3 is 15.7 Å². The summed E-state index contributed by atoms with van der Waals surface area (Å²) in [4.78, 5) is 12.0. The fraction of sp³-hybridized carbons (Fsp3) is 0.462. The Bertz CT molecular complexity index is 415. The van der Waals surface area contributed by atoms with E-state index < -0.39 is 17.9 Å². The third-order valence-corrected chi connectivity index (χ3v) is 3.18. The predicted octanol–water partition coefficient (Wildman–Crippen LogP) is 3.28. The van der Waals surface area contributed by atoms with Crippen molar-refractivity contribution >= 4 is 23.5 Å². The first kappa shape index (κ1) is 16.7. The molecule has 0 aliphatic carbocycles. The summed E-state index contributed by atoms with van der Waals surface area (Å²) < 4.78 is 24.3. The van der Waals surface area contributed by atoms with E-state index in [2.05, 4.69) is 10.6 Å². The number of nitrogens with one attached hydrogen (secondary N) is 2. The summed E-state index contributed by atoms with van der Waals surface area (Å²) >= 11 is 0.451. The molecule has 0 saturated carbocycles. The molecule has 1 rings (SSSR count). The van der Waals surface area contributed by atoms with Crippen molar-refractivity contribution in [3.63, 3.8) is 0 Å². The predicted molar refractivity (Wildman–Crippen MR) is 76.2 cm³/mol. The number of urea groups is 1. The molecule has 1 aromatic carbocycles. The smallest absolute Gasteiger partial charge is 0.319 e. The molecule has 0 aromatic heterocycles. The molecule has 0 aliphatic heterocycles. The molecule has 2 amide bonds. The molecule has 0 aliphatic rings. The number of hydrogen-bond acceptors (Lipinski definition) is 3. The largest absolute Gasteiger partial charge is 0.391 e. The summed E-state index contributed by atoms with van der Waals surface area (Å²) in [6, 6.07) is 5.69. The van der Waals surface area contributed by atoms with Crippen molar-refractivity contribution in [2.24, 2.45) is 0 Å². The van der Waals surface area contributed by atoms with Gasteiger partial charge in [0.15, 0.2) is 0 Å². The zero-order valence-electron chi connectivity index (χ0n) is 11.1. The monoisotopic (exact) mass is 304 g/mol. The molecule has 0 heterocycles. The summed E-state index contributed by atoms with van der Waals surface area (Å²) in [6.07, 6.45) is 0.906. The minimum atomic E-state index is -2.46. The highest BCUT2D eigenvalue weighted by Gasteiger charge is 2.07. The summed E-state index contributed by atoms with van der Waals surface area (Å²) in [5.41, 5.74) is 0.506. The van der Waals surface area contributed by atoms with Gasteiger partial charge in [0.1, 0.15) is 0 Å². The number of hydrogen-bond donors (Lipinski definition) is 3. The van der Waals surface area contributed by atoms with Crippen molar-refractivity contribution in [1.29, 1.82) is 0 Å². The van der Waals surface area contributed by atoms with E-state index in [4.69, 9.17) is 0 Å². The number of halogens is 2. The Labute approximate surface area is 120 Å². The number of aliphatic hydroxyl groups is 1. The van der Waals surface area contributed by atoms with E-state index in [-0.39, 0.29) is 6.54 Å². The molecular weight excluding hydrogens is 286 g/mol. The first-order valence-corrected chi connectivity index (χ1v) is 7.17. The van der Waals surface area contributed by atoms with Crippen LogP contribution < -0.4 is 10.6 Å². The van der Waals surface area contributed by atoms with Crippen LogP contribution in [0.4, 0.5) is 19.3 Å². The standard InChI is InChI=1S/C13H18F2N2O2S/c1-2-3-10(18)8-16-13(19)17-9-4-6-11(7-5-9)20-12(14)15/h4-7,10,12,18H,2-3,8H2,1H3,(H2,16,17,19). The van der Waals surface area contributed by atoms with Crippen molar-refractivity contribution in [2.75, 3.05) is 11.9 Å². The van der Waals surface area contributed by atoms with Crippen LogP contribution in [-0.2, 0) is 0 Å². The molecule has 0 saturated heterocycles. The van der Waals surface area contributed by atoms with Crippen LogP contribution in [0.15, 0.2) is 29.2 Å². The van der Waals surface area contributed by atoms with E-state index in [0.29, 0.717) is 28.8 Å². The molecular formula is C13H18F2N2O2S. The zero-order chi connectivity index (χ0) is 15.0. The van der Waals surface area contributed by atoms with Gasteiger partial charge in [0.2, 0.25) is 0 Å². The van der Waals surface area contributed by atoms with Crippen molar-refractivity contribution in [3.05, 3.63) is 24.3 Å². The summed E-state index contributed by atoms with van der Waals surface area (Å²) in [7, 11) is 0. The Morgan fingerprint density at radius 1 is 1.35 bits per heavy atom. The lowest BCUT2D eigenvalue weighted by Crippen LogP contribution is -2.35. The lowest BCUT2D eigenvalue weighted by Gasteiger charge is -2.11. The fourth-order valence-corrected chi connectivity index (χ4v) is 2.04. The summed E-state index contributed by atoms with van der Waals surface area (Å²) in [5.74, 6) is -2.46. The van der Waals surface area contributed by atoms with Gasteiger partial charge in [0, 0.05) is 17.1 Å². The molecule has 0 spiro atoms. The zero-order valence-corrected chi connectivity index (χ0v) is 11.9. The second-order valence-corrected chi connectivity index (χ2v) is 5.24. The van der Waals surface area contributed by atoms with Gasteiger partial charge in [-0.25, -0.2) is 4.79 Å². The molecule has 1 atom stereocenters. The Hall–Kier alpha value is -1.34. The number of thioether (sulfide) groups is 1. The molecule has 112 valence electrons. The number of benzene rings is 1. The van der Waals surface area contributed by atoms with Gasteiger partial charge in [-0.3, -0.25) is 0 Å². The Balaban J connectivity index is 2.38. The van der Waals surface area contributed by atoms with E-state index in [9.17, 15) is 18.7 Å². The molecule has 3 N–H and O–H groups in total. The molecule has 4 nitrogen and oxygen atoms in total. The maximum Gasteiger partial charge on any atom is 0.319 e. The molecule has 20 heavy (non-hydrogen) atoms. The summed E-state index contributed by atoms with van der Waals surface area (Å²) in [6.45, 7) is 2.13. The maximum absolute atomic E-state index is 12.1. The topological polar surface area (TPSA) is 61.4 Å². The second-order valence-electron chi connectivity index (χ2n) is 4.18. The molecule has 1 aromatic rings. The van der Waals surface area contributed by atoms with Crippen molar-refractivity contribution < 1.29 is 18.7 Å². The van der Waals surface area contributed by atoms with E-state index in [1.165, 1.54) is 12.1 Å². The van der Waals surface area contributed by atoms with Crippen LogP contribution in [0, 0.1) is 0 Å². The Morgan fingerprint density at radius 2 is 2.00 bits per heavy atom. The van der Waals surface area contributed by atoms with Gasteiger partial charge in [0.25, 0.3) is 5.76 Å². The van der Waals surface area contributed by atoms with Crippen LogP contribution in [-0.4, -0.2) is 29.5 Å². The normalized spacial score (nSPS) is 12.2. The van der Waals surface area contributed by atoms with Crippen molar-refractivity contribution in [2.45, 2.75) is 36.5 Å². The number of amides is 2. The third-order valence-electron chi connectivity index (χ3n) is 2.46. The fourth-order valence-electron chi connectivity index (χ4n) is 1.54. The first-order chi connectivity index (χ1) is 9.51. The van der Waals surface area contributed by atoms with Crippen LogP contribution in [0.25, 0.3) is 0 Å². The molecule has 0 bridgehead atoms. The number of aliphatic hydroxyl groups excluding tert-OH is 1. The Kier molecular flexibility index (Phi) is 7.32. The quantitative estimate of drug-likeness (QED) is 0.677. The number of anilines is 1. The van der Waals surface area contributed by atoms with Crippen LogP contribution in [0.1, 0.15) is 19.8 Å². The average molecular weight is 304 g/mol. The summed E-state index contributed by atoms with van der Waals surface area (Å²) in [5, 5.41) is 14.6. The van der Waals surface area contributed by atoms with Gasteiger partial charge >= 0.3 is 6.03 Å². The number of alkyl halides is 2. The molecule has 0 radical (unpaired) electrons. The minimum absolute atomic E-state index is 0.180. The maximum atomic E-state index is 12.1. The number of rotatable bonds is 7. The van der Waals surface area contributed by atoms with Crippen LogP contribution in [0.5, 0.6) is 0 Å². The lowest BCUT2D eigenvalue weighted by atomic mass is 10.2. The van der Waals surface area contributed by atoms with E-state index in [1.807, 2.05) is 6.92 Å². The highest BCUT2D eigenvalue weighted by molar-refractivity contribution is 7.99. The van der Waals surface area contributed by atoms with Gasteiger partial charge in [-0.2, -0.15) is 8.78 Å². The van der Waals surface area contributed by atoms with E-state index in [0.717, 1.165) is 6.42 Å².